The van der Waals surface area contributed by atoms with Crippen LogP contribution in [-0.4, -0.2) is 34.7 Å². The van der Waals surface area contributed by atoms with Gasteiger partial charge >= 0.3 is 0 Å². The lowest BCUT2D eigenvalue weighted by Crippen LogP contribution is -2.43. The number of nitrogens with zero attached hydrogens (tertiary/aromatic N) is 2. The van der Waals surface area contributed by atoms with Gasteiger partial charge in [-0.2, -0.15) is 0 Å². The molecule has 0 saturated heterocycles. The van der Waals surface area contributed by atoms with Crippen LogP contribution >= 0.6 is 0 Å². The molecule has 0 bridgehead atoms. The second-order valence-corrected chi connectivity index (χ2v) is 7.61. The molecule has 2 amide bonds. The molecule has 5 nitrogen and oxygen atoms in total. The van der Waals surface area contributed by atoms with Crippen molar-refractivity contribution in [3.63, 3.8) is 0 Å². The zero-order valence-corrected chi connectivity index (χ0v) is 18.2. The molecule has 0 aliphatic rings. The van der Waals surface area contributed by atoms with E-state index in [9.17, 15) is 14.0 Å². The predicted molar refractivity (Wildman–Crippen MR) is 121 cm³/mol. The van der Waals surface area contributed by atoms with Crippen LogP contribution in [0.4, 0.5) is 4.39 Å². The molecule has 1 heterocycles. The van der Waals surface area contributed by atoms with Crippen molar-refractivity contribution in [2.45, 2.75) is 26.4 Å². The fraction of sp³-hybridized carbons (Fsp3) is 0.231. The number of rotatable bonds is 10. The largest absolute Gasteiger partial charge is 0.464 e. The Balaban J connectivity index is 1.75. The number of aryl methyl sites for hydroxylation is 1. The molecule has 0 saturated carbocycles. The van der Waals surface area contributed by atoms with E-state index in [1.165, 1.54) is 17.0 Å². The van der Waals surface area contributed by atoms with Crippen LogP contribution in [0, 0.1) is 12.7 Å². The molecule has 0 unspecified atom stereocenters. The van der Waals surface area contributed by atoms with Gasteiger partial charge in [0.15, 0.2) is 0 Å². The molecule has 3 rings (SSSR count). The fourth-order valence-corrected chi connectivity index (χ4v) is 3.36. The van der Waals surface area contributed by atoms with E-state index < -0.39 is 0 Å². The van der Waals surface area contributed by atoms with Crippen molar-refractivity contribution in [1.29, 1.82) is 0 Å². The van der Waals surface area contributed by atoms with Crippen molar-refractivity contribution in [2.24, 2.45) is 0 Å². The zero-order chi connectivity index (χ0) is 22.9. The molecule has 3 aromatic rings. The number of halogens is 1. The monoisotopic (exact) mass is 434 g/mol. The van der Waals surface area contributed by atoms with E-state index in [4.69, 9.17) is 4.42 Å². The molecule has 0 spiro atoms. The summed E-state index contributed by atoms with van der Waals surface area (Å²) in [5, 5.41) is 0. The van der Waals surface area contributed by atoms with Gasteiger partial charge in [0.2, 0.25) is 11.8 Å². The van der Waals surface area contributed by atoms with Crippen molar-refractivity contribution in [2.75, 3.05) is 13.1 Å². The fourth-order valence-electron chi connectivity index (χ4n) is 3.36. The summed E-state index contributed by atoms with van der Waals surface area (Å²) in [6.07, 6.45) is 1.81. The van der Waals surface area contributed by atoms with E-state index in [2.05, 4.69) is 6.58 Å². The van der Waals surface area contributed by atoms with Crippen LogP contribution in [0.2, 0.25) is 0 Å². The maximum absolute atomic E-state index is 13.3. The van der Waals surface area contributed by atoms with Gasteiger partial charge in [-0.25, -0.2) is 4.39 Å². The molecular formula is C26H27FN2O3. The topological polar surface area (TPSA) is 53.8 Å². The van der Waals surface area contributed by atoms with Gasteiger partial charge in [0.25, 0.3) is 0 Å². The highest BCUT2D eigenvalue weighted by atomic mass is 19.1. The molecule has 0 fully saturated rings. The molecule has 0 aliphatic carbocycles. The highest BCUT2D eigenvalue weighted by Gasteiger charge is 2.22. The lowest BCUT2D eigenvalue weighted by molar-refractivity contribution is -0.140. The molecular weight excluding hydrogens is 407 g/mol. The number of carbonyl (C=O) groups excluding carboxylic acids is 2. The van der Waals surface area contributed by atoms with Crippen molar-refractivity contribution >= 4 is 11.8 Å². The molecule has 166 valence electrons. The third kappa shape index (κ3) is 6.67. The first-order valence-corrected chi connectivity index (χ1v) is 10.4. The van der Waals surface area contributed by atoms with Gasteiger partial charge in [-0.15, -0.1) is 6.58 Å². The molecule has 2 aromatic carbocycles. The van der Waals surface area contributed by atoms with Crippen LogP contribution in [0.15, 0.2) is 83.8 Å². The maximum atomic E-state index is 13.3. The van der Waals surface area contributed by atoms with Crippen molar-refractivity contribution in [3.8, 4) is 0 Å². The van der Waals surface area contributed by atoms with Gasteiger partial charge in [0.1, 0.15) is 23.9 Å². The SMILES string of the molecule is C=CCN(CC(=O)N(Cc1ccc(F)cc1)Cc1ccc(C)o1)C(=O)Cc1ccccc1. The highest BCUT2D eigenvalue weighted by Crippen LogP contribution is 2.15. The third-order valence-corrected chi connectivity index (χ3v) is 5.01. The summed E-state index contributed by atoms with van der Waals surface area (Å²) in [6, 6.07) is 19.1. The third-order valence-electron chi connectivity index (χ3n) is 5.01. The lowest BCUT2D eigenvalue weighted by Gasteiger charge is -2.27. The van der Waals surface area contributed by atoms with E-state index in [1.54, 1.807) is 23.1 Å². The number of carbonyl (C=O) groups is 2. The number of hydrogen-bond donors (Lipinski definition) is 0. The van der Waals surface area contributed by atoms with Crippen LogP contribution in [0.25, 0.3) is 0 Å². The first-order chi connectivity index (χ1) is 15.4. The van der Waals surface area contributed by atoms with Crippen molar-refractivity contribution in [3.05, 3.63) is 108 Å². The summed E-state index contributed by atoms with van der Waals surface area (Å²) in [5.41, 5.74) is 1.67. The minimum atomic E-state index is -0.336. The molecule has 1 aromatic heterocycles. The smallest absolute Gasteiger partial charge is 0.242 e. The molecule has 0 N–H and O–H groups in total. The van der Waals surface area contributed by atoms with Crippen LogP contribution in [0.5, 0.6) is 0 Å². The van der Waals surface area contributed by atoms with Crippen molar-refractivity contribution in [1.82, 2.24) is 9.80 Å². The molecule has 0 atom stereocenters. The summed E-state index contributed by atoms with van der Waals surface area (Å²) in [5.74, 6) is 0.674. The van der Waals surface area contributed by atoms with Gasteiger partial charge in [0, 0.05) is 13.1 Å². The minimum Gasteiger partial charge on any atom is -0.464 e. The normalized spacial score (nSPS) is 10.6. The standard InChI is InChI=1S/C26H27FN2O3/c1-3-15-28(25(30)16-21-7-5-4-6-8-21)19-26(31)29(18-24-14-9-20(2)32-24)17-22-10-12-23(27)13-11-22/h3-14H,1,15-19H2,2H3. The van der Waals surface area contributed by atoms with Gasteiger partial charge in [0.05, 0.1) is 13.0 Å². The Morgan fingerprint density at radius 1 is 0.906 bits per heavy atom. The Bertz CT molecular complexity index is 1040. The second-order valence-electron chi connectivity index (χ2n) is 7.61. The quantitative estimate of drug-likeness (QED) is 0.441. The van der Waals surface area contributed by atoms with E-state index in [-0.39, 0.29) is 50.2 Å². The average Bonchev–Trinajstić information content (AvgIpc) is 3.19. The van der Waals surface area contributed by atoms with Crippen LogP contribution in [0.1, 0.15) is 22.6 Å². The Labute approximate surface area is 187 Å². The van der Waals surface area contributed by atoms with E-state index in [0.29, 0.717) is 5.76 Å². The van der Waals surface area contributed by atoms with E-state index in [1.807, 2.05) is 49.4 Å². The van der Waals surface area contributed by atoms with Crippen LogP contribution < -0.4 is 0 Å². The van der Waals surface area contributed by atoms with Gasteiger partial charge < -0.3 is 14.2 Å². The Kier molecular flexibility index (Phi) is 7.97. The van der Waals surface area contributed by atoms with Gasteiger partial charge in [-0.05, 0) is 42.3 Å². The second kappa shape index (κ2) is 11.1. The lowest BCUT2D eigenvalue weighted by atomic mass is 10.1. The molecule has 0 radical (unpaired) electrons. The summed E-state index contributed by atoms with van der Waals surface area (Å²) < 4.78 is 19.0. The average molecular weight is 435 g/mol. The Morgan fingerprint density at radius 2 is 1.62 bits per heavy atom. The van der Waals surface area contributed by atoms with Crippen LogP contribution in [-0.2, 0) is 29.1 Å². The summed E-state index contributed by atoms with van der Waals surface area (Å²) in [6.45, 7) is 6.26. The molecule has 6 heteroatoms. The first-order valence-electron chi connectivity index (χ1n) is 10.4. The summed E-state index contributed by atoms with van der Waals surface area (Å²) in [4.78, 5) is 29.2. The summed E-state index contributed by atoms with van der Waals surface area (Å²) in [7, 11) is 0. The predicted octanol–water partition coefficient (Wildman–Crippen LogP) is 4.51. The van der Waals surface area contributed by atoms with Gasteiger partial charge in [-0.3, -0.25) is 9.59 Å². The maximum Gasteiger partial charge on any atom is 0.242 e. The minimum absolute atomic E-state index is 0.0847. The number of furan rings is 1. The number of benzene rings is 2. The Hall–Kier alpha value is -3.67. The van der Waals surface area contributed by atoms with E-state index >= 15 is 0 Å². The van der Waals surface area contributed by atoms with Crippen molar-refractivity contribution < 1.29 is 18.4 Å². The number of amides is 2. The van der Waals surface area contributed by atoms with Crippen LogP contribution in [0.3, 0.4) is 0 Å². The molecule has 32 heavy (non-hydrogen) atoms. The zero-order valence-electron chi connectivity index (χ0n) is 18.2. The summed E-state index contributed by atoms with van der Waals surface area (Å²) >= 11 is 0. The molecule has 0 aliphatic heterocycles. The Morgan fingerprint density at radius 3 is 2.25 bits per heavy atom. The number of hydrogen-bond acceptors (Lipinski definition) is 3. The highest BCUT2D eigenvalue weighted by molar-refractivity contribution is 5.86. The van der Waals surface area contributed by atoms with Gasteiger partial charge in [-0.1, -0.05) is 48.5 Å². The van der Waals surface area contributed by atoms with E-state index in [0.717, 1.165) is 16.9 Å². The first kappa shape index (κ1) is 23.0.